The second-order valence-electron chi connectivity index (χ2n) is 8.58. The molecule has 0 saturated carbocycles. The van der Waals surface area contributed by atoms with Crippen LogP contribution >= 0.6 is 0 Å². The Labute approximate surface area is 210 Å². The number of anilines is 1. The molecule has 1 N–H and O–H groups in total. The lowest BCUT2D eigenvalue weighted by molar-refractivity contribution is -0.127. The van der Waals surface area contributed by atoms with E-state index in [0.29, 0.717) is 17.2 Å². The lowest BCUT2D eigenvalue weighted by Crippen LogP contribution is -2.51. The highest BCUT2D eigenvalue weighted by Crippen LogP contribution is 2.37. The molecular weight excluding hydrogens is 476 g/mol. The van der Waals surface area contributed by atoms with E-state index < -0.39 is 22.0 Å². The van der Waals surface area contributed by atoms with Crippen LogP contribution in [0.25, 0.3) is 10.8 Å². The average Bonchev–Trinajstić information content (AvgIpc) is 2.90. The maximum atomic E-state index is 13.5. The molecule has 0 fully saturated rings. The summed E-state index contributed by atoms with van der Waals surface area (Å²) in [5, 5.41) is 5.00. The number of fused-ring (bicyclic) bond motifs is 2. The Balaban J connectivity index is 1.27. The Morgan fingerprint density at radius 1 is 0.972 bits per heavy atom. The molecule has 36 heavy (non-hydrogen) atoms. The Bertz CT molecular complexity index is 1510. The molecule has 1 aliphatic rings. The van der Waals surface area contributed by atoms with Crippen LogP contribution in [-0.4, -0.2) is 40.1 Å². The molecule has 0 bridgehead atoms. The number of hydrogen-bond acceptors (Lipinski definition) is 5. The maximum absolute atomic E-state index is 13.5. The van der Waals surface area contributed by atoms with E-state index in [0.717, 1.165) is 16.3 Å². The highest BCUT2D eigenvalue weighted by Gasteiger charge is 2.37. The zero-order valence-electron chi connectivity index (χ0n) is 19.8. The normalized spacial score (nSPS) is 15.1. The lowest BCUT2D eigenvalue weighted by atomic mass is 10.1. The maximum Gasteiger partial charge on any atom is 0.264 e. The quantitative estimate of drug-likeness (QED) is 0.381. The van der Waals surface area contributed by atoms with Gasteiger partial charge in [-0.15, -0.1) is 0 Å². The largest absolute Gasteiger partial charge is 0.492 e. The minimum Gasteiger partial charge on any atom is -0.492 e. The summed E-state index contributed by atoms with van der Waals surface area (Å²) in [5.41, 5.74) is 1.31. The summed E-state index contributed by atoms with van der Waals surface area (Å²) in [5.74, 6) is 0.650. The summed E-state index contributed by atoms with van der Waals surface area (Å²) >= 11 is 0. The number of benzene rings is 4. The Morgan fingerprint density at radius 3 is 2.53 bits per heavy atom. The zero-order chi connectivity index (χ0) is 25.1. The Kier molecular flexibility index (Phi) is 6.52. The minimum absolute atomic E-state index is 0.134. The molecule has 0 saturated heterocycles. The van der Waals surface area contributed by atoms with E-state index in [9.17, 15) is 13.2 Å². The SMILES string of the molecule is Cc1ccc2c(c1)N(S(=O)(=O)c1ccccc1)C[C@H](C(=O)NCCOc1ccc3ccccc3c1)O2. The van der Waals surface area contributed by atoms with Gasteiger partial charge < -0.3 is 14.8 Å². The van der Waals surface area contributed by atoms with Gasteiger partial charge in [-0.25, -0.2) is 8.42 Å². The van der Waals surface area contributed by atoms with Crippen LogP contribution in [0.4, 0.5) is 5.69 Å². The van der Waals surface area contributed by atoms with Gasteiger partial charge in [0.2, 0.25) is 0 Å². The van der Waals surface area contributed by atoms with E-state index in [4.69, 9.17) is 9.47 Å². The fraction of sp³-hybridized carbons (Fsp3) is 0.179. The molecule has 0 aromatic heterocycles. The number of sulfonamides is 1. The van der Waals surface area contributed by atoms with Crippen LogP contribution in [0.1, 0.15) is 5.56 Å². The van der Waals surface area contributed by atoms with Crippen molar-refractivity contribution >= 4 is 32.4 Å². The molecular formula is C28H26N2O5S. The van der Waals surface area contributed by atoms with Crippen LogP contribution < -0.4 is 19.1 Å². The predicted octanol–water partition coefficient (Wildman–Crippen LogP) is 4.30. The van der Waals surface area contributed by atoms with Gasteiger partial charge in [0, 0.05) is 0 Å². The van der Waals surface area contributed by atoms with Crippen molar-refractivity contribution in [2.24, 2.45) is 0 Å². The number of carbonyl (C=O) groups is 1. The second kappa shape index (κ2) is 9.91. The van der Waals surface area contributed by atoms with Gasteiger partial charge in [-0.3, -0.25) is 9.10 Å². The predicted molar refractivity (Wildman–Crippen MR) is 139 cm³/mol. The van der Waals surface area contributed by atoms with Crippen molar-refractivity contribution in [1.29, 1.82) is 0 Å². The molecule has 0 spiro atoms. The highest BCUT2D eigenvalue weighted by molar-refractivity contribution is 7.92. The van der Waals surface area contributed by atoms with Crippen molar-refractivity contribution in [1.82, 2.24) is 5.32 Å². The number of rotatable bonds is 7. The smallest absolute Gasteiger partial charge is 0.264 e. The van der Waals surface area contributed by atoms with Crippen molar-refractivity contribution in [2.45, 2.75) is 17.9 Å². The number of nitrogens with one attached hydrogen (secondary N) is 1. The van der Waals surface area contributed by atoms with Crippen LogP contribution in [0, 0.1) is 6.92 Å². The van der Waals surface area contributed by atoms with Gasteiger partial charge in [-0.05, 0) is 59.7 Å². The van der Waals surface area contributed by atoms with E-state index >= 15 is 0 Å². The Hall–Kier alpha value is -4.04. The monoisotopic (exact) mass is 502 g/mol. The van der Waals surface area contributed by atoms with E-state index in [1.54, 1.807) is 42.5 Å². The van der Waals surface area contributed by atoms with Crippen LogP contribution in [0.5, 0.6) is 11.5 Å². The van der Waals surface area contributed by atoms with E-state index in [1.807, 2.05) is 55.5 Å². The first kappa shape index (κ1) is 23.7. The Morgan fingerprint density at radius 2 is 1.72 bits per heavy atom. The van der Waals surface area contributed by atoms with Gasteiger partial charge in [0.05, 0.1) is 23.7 Å². The summed E-state index contributed by atoms with van der Waals surface area (Å²) in [6, 6.07) is 27.3. The average molecular weight is 503 g/mol. The number of hydrogen-bond donors (Lipinski definition) is 1. The zero-order valence-corrected chi connectivity index (χ0v) is 20.6. The van der Waals surface area contributed by atoms with Gasteiger partial charge in [-0.1, -0.05) is 54.6 Å². The fourth-order valence-corrected chi connectivity index (χ4v) is 5.65. The molecule has 1 heterocycles. The van der Waals surface area contributed by atoms with Crippen LogP contribution in [-0.2, 0) is 14.8 Å². The molecule has 1 amide bonds. The first-order valence-corrected chi connectivity index (χ1v) is 13.1. The topological polar surface area (TPSA) is 84.9 Å². The van der Waals surface area contributed by atoms with E-state index in [2.05, 4.69) is 5.32 Å². The van der Waals surface area contributed by atoms with E-state index in [-0.39, 0.29) is 24.6 Å². The number of carbonyl (C=O) groups excluding carboxylic acids is 1. The van der Waals surface area contributed by atoms with Crippen LogP contribution in [0.2, 0.25) is 0 Å². The first-order chi connectivity index (χ1) is 17.4. The van der Waals surface area contributed by atoms with Crippen molar-refractivity contribution in [3.8, 4) is 11.5 Å². The standard InChI is InChI=1S/C28H26N2O5S/c1-20-11-14-26-25(17-20)30(36(32,33)24-9-3-2-4-10-24)19-27(35-26)28(31)29-15-16-34-23-13-12-21-7-5-6-8-22(21)18-23/h2-14,17-18,27H,15-16,19H2,1H3,(H,29,31)/t27-/m1/s1. The van der Waals surface area contributed by atoms with Crippen molar-refractivity contribution in [3.05, 3.63) is 96.6 Å². The molecule has 4 aromatic carbocycles. The third kappa shape index (κ3) is 4.85. The molecule has 184 valence electrons. The fourth-order valence-electron chi connectivity index (χ4n) is 4.16. The molecule has 1 atom stereocenters. The van der Waals surface area contributed by atoms with Crippen LogP contribution in [0.3, 0.4) is 0 Å². The summed E-state index contributed by atoms with van der Waals surface area (Å²) < 4.78 is 39.9. The number of ether oxygens (including phenoxy) is 2. The van der Waals surface area contributed by atoms with Gasteiger partial charge in [-0.2, -0.15) is 0 Å². The first-order valence-electron chi connectivity index (χ1n) is 11.7. The number of nitrogens with zero attached hydrogens (tertiary/aromatic N) is 1. The molecule has 8 heteroatoms. The molecule has 4 aromatic rings. The molecule has 7 nitrogen and oxygen atoms in total. The molecule has 0 unspecified atom stereocenters. The minimum atomic E-state index is -3.89. The third-order valence-electron chi connectivity index (χ3n) is 6.00. The number of amides is 1. The van der Waals surface area contributed by atoms with Gasteiger partial charge >= 0.3 is 0 Å². The lowest BCUT2D eigenvalue weighted by Gasteiger charge is -2.35. The molecule has 5 rings (SSSR count). The second-order valence-corrected chi connectivity index (χ2v) is 10.4. The summed E-state index contributed by atoms with van der Waals surface area (Å²) in [7, 11) is -3.89. The molecule has 1 aliphatic heterocycles. The van der Waals surface area contributed by atoms with Crippen molar-refractivity contribution in [3.63, 3.8) is 0 Å². The number of aryl methyl sites for hydroxylation is 1. The van der Waals surface area contributed by atoms with Gasteiger partial charge in [0.1, 0.15) is 18.1 Å². The summed E-state index contributed by atoms with van der Waals surface area (Å²) in [6.45, 7) is 2.25. The summed E-state index contributed by atoms with van der Waals surface area (Å²) in [6.07, 6.45) is -1.00. The van der Waals surface area contributed by atoms with Crippen molar-refractivity contribution in [2.75, 3.05) is 24.0 Å². The van der Waals surface area contributed by atoms with Crippen molar-refractivity contribution < 1.29 is 22.7 Å². The highest BCUT2D eigenvalue weighted by atomic mass is 32.2. The third-order valence-corrected chi connectivity index (χ3v) is 7.79. The van der Waals surface area contributed by atoms with E-state index in [1.165, 1.54) is 4.31 Å². The van der Waals surface area contributed by atoms with Crippen LogP contribution in [0.15, 0.2) is 95.9 Å². The molecule has 0 aliphatic carbocycles. The molecule has 0 radical (unpaired) electrons. The van der Waals surface area contributed by atoms with Gasteiger partial charge in [0.25, 0.3) is 15.9 Å². The van der Waals surface area contributed by atoms with Gasteiger partial charge in [0.15, 0.2) is 6.10 Å². The summed E-state index contributed by atoms with van der Waals surface area (Å²) in [4.78, 5) is 13.1.